The molecule has 9 heteroatoms. The van der Waals surface area contributed by atoms with Crippen molar-refractivity contribution in [2.24, 2.45) is 11.8 Å². The van der Waals surface area contributed by atoms with Gasteiger partial charge < -0.3 is 10.2 Å². The Bertz CT molecular complexity index is 1190. The van der Waals surface area contributed by atoms with Crippen LogP contribution in [0.25, 0.3) is 10.2 Å². The Morgan fingerprint density at radius 3 is 2.73 bits per heavy atom. The number of anilines is 1. The first-order chi connectivity index (χ1) is 16.0. The first-order valence-electron chi connectivity index (χ1n) is 11.4. The maximum atomic E-state index is 13.5. The van der Waals surface area contributed by atoms with E-state index in [1.165, 1.54) is 36.7 Å². The summed E-state index contributed by atoms with van der Waals surface area (Å²) in [5.74, 6) is 0.904. The number of halogens is 1. The van der Waals surface area contributed by atoms with E-state index in [0.29, 0.717) is 60.4 Å². The summed E-state index contributed by atoms with van der Waals surface area (Å²) < 4.78 is 14.3. The van der Waals surface area contributed by atoms with Gasteiger partial charge >= 0.3 is 0 Å². The van der Waals surface area contributed by atoms with Gasteiger partial charge in [-0.2, -0.15) is 0 Å². The highest BCUT2D eigenvalue weighted by Crippen LogP contribution is 2.32. The molecule has 1 atom stereocenters. The number of Topliss-reactive ketones (excluding diaryl/α,β-unsaturated/α-hetero) is 1. The minimum atomic E-state index is -0.412. The van der Waals surface area contributed by atoms with E-state index >= 15 is 0 Å². The molecule has 0 bridgehead atoms. The van der Waals surface area contributed by atoms with Crippen molar-refractivity contribution in [3.8, 4) is 0 Å². The third-order valence-corrected chi connectivity index (χ3v) is 7.49. The van der Waals surface area contributed by atoms with Crippen LogP contribution < -0.4 is 5.32 Å². The van der Waals surface area contributed by atoms with Crippen LogP contribution in [0, 0.1) is 17.7 Å². The molecule has 0 radical (unpaired) electrons. The predicted molar refractivity (Wildman–Crippen MR) is 125 cm³/mol. The van der Waals surface area contributed by atoms with Gasteiger partial charge in [0.15, 0.2) is 5.69 Å². The highest BCUT2D eigenvalue weighted by Gasteiger charge is 2.35. The highest BCUT2D eigenvalue weighted by atomic mass is 32.1. The highest BCUT2D eigenvalue weighted by molar-refractivity contribution is 7.17. The number of amides is 1. The van der Waals surface area contributed by atoms with Crippen molar-refractivity contribution in [2.75, 3.05) is 18.4 Å². The smallest absolute Gasteiger partial charge is 0.274 e. The molecular formula is C24H26FN5O2S. The number of carbonyl (C=O) groups excluding carboxylic acids is 2. The topological polar surface area (TPSA) is 88.1 Å². The average Bonchev–Trinajstić information content (AvgIpc) is 3.20. The normalized spacial score (nSPS) is 17.5. The first kappa shape index (κ1) is 21.9. The van der Waals surface area contributed by atoms with Crippen LogP contribution in [0.15, 0.2) is 29.9 Å². The largest absolute Gasteiger partial charge is 0.348 e. The van der Waals surface area contributed by atoms with Gasteiger partial charge in [0.2, 0.25) is 5.95 Å². The quantitative estimate of drug-likeness (QED) is 0.520. The molecule has 0 unspecified atom stereocenters. The number of ketones is 1. The number of hydrogen-bond donors (Lipinski definition) is 1. The number of nitrogens with one attached hydrogen (secondary N) is 1. The van der Waals surface area contributed by atoms with Crippen molar-refractivity contribution in [2.45, 2.75) is 45.1 Å². The number of pyridine rings is 1. The molecule has 33 heavy (non-hydrogen) atoms. The van der Waals surface area contributed by atoms with Gasteiger partial charge in [-0.3, -0.25) is 14.6 Å². The van der Waals surface area contributed by atoms with Crippen LogP contribution in [-0.4, -0.2) is 44.6 Å². The van der Waals surface area contributed by atoms with Crippen molar-refractivity contribution in [1.82, 2.24) is 19.9 Å². The van der Waals surface area contributed by atoms with Gasteiger partial charge in [-0.05, 0) is 35.9 Å². The summed E-state index contributed by atoms with van der Waals surface area (Å²) >= 11 is 1.43. The molecule has 3 aromatic heterocycles. The van der Waals surface area contributed by atoms with Crippen LogP contribution >= 0.6 is 11.3 Å². The molecule has 4 heterocycles. The standard InChI is InChI=1S/C24H26FN5O2S/c1-14(17-9-18(25)11-26-10-17)27-24-28-20-5-6-33-22(20)21(29-24)23(32)30-12-16(13-30)8-19(31)7-15-3-2-4-15/h5-6,9-11,14-16H,2-4,7-8,12-13H2,1H3,(H,27,28,29)/t14-/m0/s1. The molecule has 1 saturated heterocycles. The lowest BCUT2D eigenvalue weighted by Crippen LogP contribution is -2.50. The zero-order valence-electron chi connectivity index (χ0n) is 18.5. The molecule has 2 fully saturated rings. The number of aromatic nitrogens is 3. The molecule has 1 aliphatic carbocycles. The van der Waals surface area contributed by atoms with Gasteiger partial charge in [-0.1, -0.05) is 19.3 Å². The number of carbonyl (C=O) groups is 2. The lowest BCUT2D eigenvalue weighted by molar-refractivity contribution is -0.122. The summed E-state index contributed by atoms with van der Waals surface area (Å²) in [7, 11) is 0. The van der Waals surface area contributed by atoms with Crippen LogP contribution in [-0.2, 0) is 4.79 Å². The lowest BCUT2D eigenvalue weighted by Gasteiger charge is -2.39. The third kappa shape index (κ3) is 4.73. The van der Waals surface area contributed by atoms with Crippen molar-refractivity contribution in [3.63, 3.8) is 0 Å². The van der Waals surface area contributed by atoms with Crippen LogP contribution in [0.5, 0.6) is 0 Å². The molecule has 3 aromatic rings. The fraction of sp³-hybridized carbons (Fsp3) is 0.458. The van der Waals surface area contributed by atoms with Crippen LogP contribution in [0.4, 0.5) is 10.3 Å². The summed E-state index contributed by atoms with van der Waals surface area (Å²) in [5.41, 5.74) is 1.72. The SMILES string of the molecule is C[C@H](Nc1nc(C(=O)N2CC(CC(=O)CC3CCC3)C2)c2sccc2n1)c1cncc(F)c1. The van der Waals surface area contributed by atoms with Gasteiger partial charge in [-0.25, -0.2) is 14.4 Å². The summed E-state index contributed by atoms with van der Waals surface area (Å²) in [6.45, 7) is 3.03. The molecule has 1 N–H and O–H groups in total. The van der Waals surface area contributed by atoms with Crippen LogP contribution in [0.3, 0.4) is 0 Å². The first-order valence-corrected chi connectivity index (χ1v) is 12.3. The summed E-state index contributed by atoms with van der Waals surface area (Å²) in [5, 5.41) is 5.05. The maximum Gasteiger partial charge on any atom is 0.274 e. The van der Waals surface area contributed by atoms with Gasteiger partial charge in [0.25, 0.3) is 5.91 Å². The van der Waals surface area contributed by atoms with E-state index in [-0.39, 0.29) is 17.9 Å². The minimum Gasteiger partial charge on any atom is -0.348 e. The molecular weight excluding hydrogens is 441 g/mol. The second-order valence-electron chi connectivity index (χ2n) is 9.15. The van der Waals surface area contributed by atoms with Gasteiger partial charge in [0.05, 0.1) is 22.5 Å². The van der Waals surface area contributed by atoms with E-state index < -0.39 is 5.82 Å². The summed E-state index contributed by atoms with van der Waals surface area (Å²) in [6.07, 6.45) is 7.59. The Labute approximate surface area is 195 Å². The second-order valence-corrected chi connectivity index (χ2v) is 10.1. The number of rotatable bonds is 8. The number of thiophene rings is 1. The molecule has 7 nitrogen and oxygen atoms in total. The second kappa shape index (κ2) is 9.13. The average molecular weight is 468 g/mol. The third-order valence-electron chi connectivity index (χ3n) is 6.58. The van der Waals surface area contributed by atoms with E-state index in [1.54, 1.807) is 11.1 Å². The molecule has 2 aliphatic rings. The van der Waals surface area contributed by atoms with Crippen molar-refractivity contribution < 1.29 is 14.0 Å². The molecule has 1 amide bonds. The number of likely N-dealkylation sites (tertiary alicyclic amines) is 1. The van der Waals surface area contributed by atoms with Crippen LogP contribution in [0.1, 0.15) is 61.1 Å². The Morgan fingerprint density at radius 1 is 1.21 bits per heavy atom. The zero-order valence-corrected chi connectivity index (χ0v) is 19.3. The van der Waals surface area contributed by atoms with E-state index in [2.05, 4.69) is 20.3 Å². The van der Waals surface area contributed by atoms with E-state index in [4.69, 9.17) is 0 Å². The monoisotopic (exact) mass is 467 g/mol. The molecule has 1 aliphatic heterocycles. The van der Waals surface area contributed by atoms with Gasteiger partial charge in [0, 0.05) is 38.0 Å². The van der Waals surface area contributed by atoms with Gasteiger partial charge in [-0.15, -0.1) is 11.3 Å². The lowest BCUT2D eigenvalue weighted by atomic mass is 9.80. The molecule has 5 rings (SSSR count). The van der Waals surface area contributed by atoms with Crippen molar-refractivity contribution in [3.05, 3.63) is 47.0 Å². The fourth-order valence-corrected chi connectivity index (χ4v) is 5.27. The molecule has 1 saturated carbocycles. The predicted octanol–water partition coefficient (Wildman–Crippen LogP) is 4.62. The van der Waals surface area contributed by atoms with Crippen LogP contribution in [0.2, 0.25) is 0 Å². The minimum absolute atomic E-state index is 0.143. The van der Waals surface area contributed by atoms with E-state index in [0.717, 1.165) is 10.9 Å². The van der Waals surface area contributed by atoms with Gasteiger partial charge in [0.1, 0.15) is 11.6 Å². The Balaban J connectivity index is 1.26. The van der Waals surface area contributed by atoms with Crippen molar-refractivity contribution in [1.29, 1.82) is 0 Å². The Hall–Kier alpha value is -2.94. The zero-order chi connectivity index (χ0) is 22.9. The number of hydrogen-bond acceptors (Lipinski definition) is 7. The van der Waals surface area contributed by atoms with E-state index in [9.17, 15) is 14.0 Å². The number of fused-ring (bicyclic) bond motifs is 1. The van der Waals surface area contributed by atoms with Crippen molar-refractivity contribution >= 4 is 39.2 Å². The summed E-state index contributed by atoms with van der Waals surface area (Å²) in [4.78, 5) is 40.2. The fourth-order valence-electron chi connectivity index (χ4n) is 4.45. The molecule has 0 spiro atoms. The Morgan fingerprint density at radius 2 is 2.00 bits per heavy atom. The molecule has 172 valence electrons. The van der Waals surface area contributed by atoms with E-state index in [1.807, 2.05) is 18.4 Å². The maximum absolute atomic E-state index is 13.5. The summed E-state index contributed by atoms with van der Waals surface area (Å²) in [6, 6.07) is 2.98. The number of nitrogens with zero attached hydrogens (tertiary/aromatic N) is 4. The Kier molecular flexibility index (Phi) is 6.05. The molecule has 0 aromatic carbocycles.